The molecular formula is C15H22N2O2S. The summed E-state index contributed by atoms with van der Waals surface area (Å²) in [5.74, 6) is 1.50. The average Bonchev–Trinajstić information content (AvgIpc) is 2.42. The van der Waals surface area contributed by atoms with Crippen LogP contribution < -0.4 is 15.8 Å². The van der Waals surface area contributed by atoms with Crippen molar-refractivity contribution in [1.82, 2.24) is 5.32 Å². The van der Waals surface area contributed by atoms with Gasteiger partial charge in [-0.25, -0.2) is 0 Å². The highest BCUT2D eigenvalue weighted by Crippen LogP contribution is 2.12. The molecule has 1 atom stereocenters. The zero-order valence-electron chi connectivity index (χ0n) is 12.2. The standard InChI is InChI=1S/C15H22N2O2S/c1-10(2)11(3)8-17-14(18)9-19-13-6-4-12(5-7-13)15(16)20/h4-7,10-11H,8-9H2,1-3H3,(H2,16,20)(H,17,18). The largest absolute Gasteiger partial charge is 0.484 e. The third kappa shape index (κ3) is 5.57. The number of hydrogen-bond acceptors (Lipinski definition) is 3. The summed E-state index contributed by atoms with van der Waals surface area (Å²) < 4.78 is 5.40. The van der Waals surface area contributed by atoms with Gasteiger partial charge in [-0.3, -0.25) is 4.79 Å². The van der Waals surface area contributed by atoms with Gasteiger partial charge >= 0.3 is 0 Å². The molecule has 4 nitrogen and oxygen atoms in total. The Kier molecular flexibility index (Phi) is 6.45. The Morgan fingerprint density at radius 3 is 2.40 bits per heavy atom. The Morgan fingerprint density at radius 1 is 1.30 bits per heavy atom. The van der Waals surface area contributed by atoms with Crippen LogP contribution in [0, 0.1) is 11.8 Å². The number of benzene rings is 1. The second kappa shape index (κ2) is 7.85. The molecule has 0 saturated carbocycles. The summed E-state index contributed by atoms with van der Waals surface area (Å²) in [6.45, 7) is 7.06. The van der Waals surface area contributed by atoms with E-state index in [4.69, 9.17) is 22.7 Å². The van der Waals surface area contributed by atoms with Crippen LogP contribution >= 0.6 is 12.2 Å². The molecule has 1 amide bonds. The number of carbonyl (C=O) groups excluding carboxylic acids is 1. The lowest BCUT2D eigenvalue weighted by molar-refractivity contribution is -0.123. The third-order valence-corrected chi connectivity index (χ3v) is 3.50. The lowest BCUT2D eigenvalue weighted by atomic mass is 9.98. The molecule has 0 aliphatic heterocycles. The molecule has 0 aliphatic rings. The van der Waals surface area contributed by atoms with E-state index in [1.807, 2.05) is 0 Å². The van der Waals surface area contributed by atoms with Crippen LogP contribution in [0.2, 0.25) is 0 Å². The fraction of sp³-hybridized carbons (Fsp3) is 0.467. The normalized spacial score (nSPS) is 12.0. The van der Waals surface area contributed by atoms with E-state index in [1.165, 1.54) is 0 Å². The number of nitrogens with two attached hydrogens (primary N) is 1. The van der Waals surface area contributed by atoms with Crippen LogP contribution in [0.4, 0.5) is 0 Å². The van der Waals surface area contributed by atoms with Gasteiger partial charge in [-0.05, 0) is 36.1 Å². The van der Waals surface area contributed by atoms with Gasteiger partial charge < -0.3 is 15.8 Å². The monoisotopic (exact) mass is 294 g/mol. The van der Waals surface area contributed by atoms with Crippen molar-refractivity contribution in [2.45, 2.75) is 20.8 Å². The van der Waals surface area contributed by atoms with Gasteiger partial charge in [0.05, 0.1) is 0 Å². The Bertz CT molecular complexity index is 457. The van der Waals surface area contributed by atoms with E-state index in [0.29, 0.717) is 29.1 Å². The molecule has 1 unspecified atom stereocenters. The van der Waals surface area contributed by atoms with E-state index in [-0.39, 0.29) is 12.5 Å². The quantitative estimate of drug-likeness (QED) is 0.756. The van der Waals surface area contributed by atoms with Crippen LogP contribution in [0.25, 0.3) is 0 Å². The number of rotatable bonds is 7. The SMILES string of the molecule is CC(C)C(C)CNC(=O)COc1ccc(C(N)=S)cc1. The Hall–Kier alpha value is -1.62. The highest BCUT2D eigenvalue weighted by molar-refractivity contribution is 7.80. The van der Waals surface area contributed by atoms with Gasteiger partial charge in [-0.1, -0.05) is 33.0 Å². The van der Waals surface area contributed by atoms with Crippen molar-refractivity contribution in [2.24, 2.45) is 17.6 Å². The van der Waals surface area contributed by atoms with Crippen molar-refractivity contribution in [3.05, 3.63) is 29.8 Å². The summed E-state index contributed by atoms with van der Waals surface area (Å²) in [7, 11) is 0. The summed E-state index contributed by atoms with van der Waals surface area (Å²) in [6, 6.07) is 7.05. The minimum Gasteiger partial charge on any atom is -0.484 e. The first-order chi connectivity index (χ1) is 9.40. The second-order valence-electron chi connectivity index (χ2n) is 5.20. The molecule has 0 aromatic heterocycles. The molecular weight excluding hydrogens is 272 g/mol. The zero-order valence-corrected chi connectivity index (χ0v) is 13.0. The van der Waals surface area contributed by atoms with Gasteiger partial charge in [0.2, 0.25) is 0 Å². The average molecular weight is 294 g/mol. The minimum atomic E-state index is -0.115. The lowest BCUT2D eigenvalue weighted by Gasteiger charge is -2.16. The van der Waals surface area contributed by atoms with Crippen molar-refractivity contribution in [3.63, 3.8) is 0 Å². The maximum Gasteiger partial charge on any atom is 0.257 e. The number of hydrogen-bond donors (Lipinski definition) is 2. The molecule has 1 rings (SSSR count). The molecule has 0 bridgehead atoms. The Balaban J connectivity index is 2.35. The second-order valence-corrected chi connectivity index (χ2v) is 5.64. The highest BCUT2D eigenvalue weighted by atomic mass is 32.1. The number of thiocarbonyl (C=S) groups is 1. The molecule has 110 valence electrons. The highest BCUT2D eigenvalue weighted by Gasteiger charge is 2.09. The first-order valence-corrected chi connectivity index (χ1v) is 7.10. The van der Waals surface area contributed by atoms with Gasteiger partial charge in [0, 0.05) is 12.1 Å². The van der Waals surface area contributed by atoms with Gasteiger partial charge in [0.1, 0.15) is 10.7 Å². The summed E-state index contributed by atoms with van der Waals surface area (Å²) in [4.78, 5) is 12.0. The Labute approximate surface area is 125 Å². The maximum atomic E-state index is 11.6. The van der Waals surface area contributed by atoms with Crippen LogP contribution in [-0.2, 0) is 4.79 Å². The first kappa shape index (κ1) is 16.4. The summed E-state index contributed by atoms with van der Waals surface area (Å²) in [5, 5.41) is 2.86. The molecule has 0 spiro atoms. The van der Waals surface area contributed by atoms with Gasteiger partial charge in [0.15, 0.2) is 6.61 Å². The van der Waals surface area contributed by atoms with E-state index in [2.05, 4.69) is 26.1 Å². The molecule has 1 aromatic rings. The molecule has 0 saturated heterocycles. The number of ether oxygens (including phenoxy) is 1. The molecule has 0 radical (unpaired) electrons. The molecule has 3 N–H and O–H groups in total. The molecule has 0 heterocycles. The Morgan fingerprint density at radius 2 is 1.90 bits per heavy atom. The van der Waals surface area contributed by atoms with Crippen molar-refractivity contribution in [3.8, 4) is 5.75 Å². The predicted molar refractivity (Wildman–Crippen MR) is 84.8 cm³/mol. The smallest absolute Gasteiger partial charge is 0.257 e. The fourth-order valence-corrected chi connectivity index (χ4v) is 1.56. The number of carbonyl (C=O) groups is 1. The van der Waals surface area contributed by atoms with E-state index in [0.717, 1.165) is 5.56 Å². The molecule has 0 fully saturated rings. The number of nitrogens with one attached hydrogen (secondary N) is 1. The van der Waals surface area contributed by atoms with Gasteiger partial charge in [-0.15, -0.1) is 0 Å². The fourth-order valence-electron chi connectivity index (χ4n) is 1.43. The van der Waals surface area contributed by atoms with Crippen LogP contribution in [0.1, 0.15) is 26.3 Å². The van der Waals surface area contributed by atoms with E-state index in [1.54, 1.807) is 24.3 Å². The van der Waals surface area contributed by atoms with Gasteiger partial charge in [-0.2, -0.15) is 0 Å². The number of amides is 1. The van der Waals surface area contributed by atoms with Crippen molar-refractivity contribution >= 4 is 23.1 Å². The summed E-state index contributed by atoms with van der Waals surface area (Å²) in [5.41, 5.74) is 6.28. The van der Waals surface area contributed by atoms with Crippen LogP contribution in [0.3, 0.4) is 0 Å². The lowest BCUT2D eigenvalue weighted by Crippen LogP contribution is -2.33. The van der Waals surface area contributed by atoms with Gasteiger partial charge in [0.25, 0.3) is 5.91 Å². The van der Waals surface area contributed by atoms with E-state index < -0.39 is 0 Å². The molecule has 1 aromatic carbocycles. The van der Waals surface area contributed by atoms with Crippen LogP contribution in [-0.4, -0.2) is 24.0 Å². The molecule has 20 heavy (non-hydrogen) atoms. The molecule has 0 aliphatic carbocycles. The topological polar surface area (TPSA) is 64.3 Å². The predicted octanol–water partition coefficient (Wildman–Crippen LogP) is 2.11. The van der Waals surface area contributed by atoms with Crippen molar-refractivity contribution < 1.29 is 9.53 Å². The van der Waals surface area contributed by atoms with Crippen LogP contribution in [0.15, 0.2) is 24.3 Å². The van der Waals surface area contributed by atoms with E-state index in [9.17, 15) is 4.79 Å². The van der Waals surface area contributed by atoms with Crippen LogP contribution in [0.5, 0.6) is 5.75 Å². The molecule has 5 heteroatoms. The minimum absolute atomic E-state index is 0.0111. The maximum absolute atomic E-state index is 11.6. The summed E-state index contributed by atoms with van der Waals surface area (Å²) >= 11 is 4.86. The van der Waals surface area contributed by atoms with Crippen molar-refractivity contribution in [1.29, 1.82) is 0 Å². The van der Waals surface area contributed by atoms with E-state index >= 15 is 0 Å². The third-order valence-electron chi connectivity index (χ3n) is 3.27. The first-order valence-electron chi connectivity index (χ1n) is 6.69. The summed E-state index contributed by atoms with van der Waals surface area (Å²) in [6.07, 6.45) is 0. The van der Waals surface area contributed by atoms with Crippen molar-refractivity contribution in [2.75, 3.05) is 13.2 Å². The zero-order chi connectivity index (χ0) is 15.1.